The Kier molecular flexibility index (Phi) is 9.30. The van der Waals surface area contributed by atoms with Gasteiger partial charge in [-0.05, 0) is 100 Å². The summed E-state index contributed by atoms with van der Waals surface area (Å²) in [4.78, 5) is 42.7. The van der Waals surface area contributed by atoms with Crippen molar-refractivity contribution in [2.24, 2.45) is 0 Å². The summed E-state index contributed by atoms with van der Waals surface area (Å²) < 4.78 is 35.5. The number of anilines is 1. The number of carboxylic acid groups (broad SMARTS) is 1. The number of aryl methyl sites for hydroxylation is 1. The number of rotatable bonds is 10. The minimum Gasteiger partial charge on any atom is -0.493 e. The molecule has 11 heteroatoms. The molecule has 0 radical (unpaired) electrons. The van der Waals surface area contributed by atoms with Crippen LogP contribution in [-0.2, 0) is 9.59 Å². The molecule has 9 nitrogen and oxygen atoms in total. The van der Waals surface area contributed by atoms with Crippen molar-refractivity contribution in [3.63, 3.8) is 0 Å². The Balaban J connectivity index is 1.27. The highest BCUT2D eigenvalue weighted by atomic mass is 19.1. The molecule has 2 aromatic carbocycles. The van der Waals surface area contributed by atoms with Crippen molar-refractivity contribution in [2.75, 3.05) is 11.9 Å². The summed E-state index contributed by atoms with van der Waals surface area (Å²) in [6.45, 7) is 3.97. The van der Waals surface area contributed by atoms with E-state index in [1.165, 1.54) is 36.9 Å². The van der Waals surface area contributed by atoms with Gasteiger partial charge in [-0.3, -0.25) is 14.6 Å². The van der Waals surface area contributed by atoms with Crippen molar-refractivity contribution < 1.29 is 33.0 Å². The third kappa shape index (κ3) is 6.41. The molecule has 250 valence electrons. The van der Waals surface area contributed by atoms with Crippen LogP contribution in [0.5, 0.6) is 5.75 Å². The summed E-state index contributed by atoms with van der Waals surface area (Å²) in [5.41, 5.74) is 3.39. The molecule has 0 atom stereocenters. The first-order chi connectivity index (χ1) is 23.1. The van der Waals surface area contributed by atoms with Crippen LogP contribution in [0.3, 0.4) is 0 Å². The second-order valence-corrected chi connectivity index (χ2v) is 12.6. The molecule has 4 aromatic rings. The number of carbonyl (C=O) groups excluding carboxylic acids is 2. The highest BCUT2D eigenvalue weighted by Crippen LogP contribution is 2.41. The van der Waals surface area contributed by atoms with Gasteiger partial charge in [0, 0.05) is 39.8 Å². The first-order valence-electron chi connectivity index (χ1n) is 16.4. The summed E-state index contributed by atoms with van der Waals surface area (Å²) in [6, 6.07) is 13.4. The molecule has 0 unspecified atom stereocenters. The maximum atomic E-state index is 13.8. The molecule has 0 spiro atoms. The zero-order valence-electron chi connectivity index (χ0n) is 26.9. The summed E-state index contributed by atoms with van der Waals surface area (Å²) in [6.07, 6.45) is 9.25. The Morgan fingerprint density at radius 2 is 1.83 bits per heavy atom. The lowest BCUT2D eigenvalue weighted by molar-refractivity contribution is -0.134. The van der Waals surface area contributed by atoms with E-state index in [2.05, 4.69) is 20.2 Å². The Morgan fingerprint density at radius 3 is 2.48 bits per heavy atom. The average Bonchev–Trinajstić information content (AvgIpc) is 3.35. The van der Waals surface area contributed by atoms with Gasteiger partial charge in [-0.15, -0.1) is 0 Å². The van der Waals surface area contributed by atoms with Crippen LogP contribution in [0.15, 0.2) is 60.6 Å². The predicted octanol–water partition coefficient (Wildman–Crippen LogP) is 7.74. The Labute approximate surface area is 277 Å². The number of nitrogens with one attached hydrogen (secondary N) is 2. The van der Waals surface area contributed by atoms with Crippen molar-refractivity contribution >= 4 is 40.4 Å². The Morgan fingerprint density at radius 1 is 1.06 bits per heavy atom. The van der Waals surface area contributed by atoms with Crippen molar-refractivity contribution in [3.05, 3.63) is 83.1 Å². The first kappa shape index (κ1) is 32.9. The van der Waals surface area contributed by atoms with Crippen LogP contribution in [0.25, 0.3) is 28.4 Å². The van der Waals surface area contributed by atoms with Crippen molar-refractivity contribution in [1.29, 1.82) is 0 Å². The number of aliphatic carboxylic acids is 1. The summed E-state index contributed by atoms with van der Waals surface area (Å²) >= 11 is 0. The fourth-order valence-electron chi connectivity index (χ4n) is 6.86. The standard InChI is InChI=1S/C37H38F2N4O5/c1-3-48-32-20-26(13-10-23(32)19-29(39)35(45)46)41-36(47)37(16-7-17-37)42-34(44)24-11-15-31-28(18-24)22(2)33(30-14-12-25(38)21-40-30)43(31)27-8-5-4-6-9-27/h10-15,18-21,27H,3-9,16-17H2,1-2H3,(H,41,47)(H,42,44)(H,45,46)/b29-19-. The third-order valence-electron chi connectivity index (χ3n) is 9.48. The van der Waals surface area contributed by atoms with Gasteiger partial charge in [0.15, 0.2) is 0 Å². The number of ether oxygens (including phenoxy) is 1. The second kappa shape index (κ2) is 13.6. The summed E-state index contributed by atoms with van der Waals surface area (Å²) in [7, 11) is 0. The molecule has 0 aliphatic heterocycles. The topological polar surface area (TPSA) is 123 Å². The maximum Gasteiger partial charge on any atom is 0.364 e. The number of pyridine rings is 1. The van der Waals surface area contributed by atoms with Crippen LogP contribution in [0, 0.1) is 12.7 Å². The van der Waals surface area contributed by atoms with E-state index in [1.807, 2.05) is 19.1 Å². The van der Waals surface area contributed by atoms with Crippen LogP contribution < -0.4 is 15.4 Å². The van der Waals surface area contributed by atoms with Crippen LogP contribution in [-0.4, -0.2) is 44.6 Å². The number of fused-ring (bicyclic) bond motifs is 1. The number of nitrogens with zero attached hydrogens (tertiary/aromatic N) is 2. The Hall–Kier alpha value is -5.06. The fraction of sp³-hybridized carbons (Fsp3) is 0.351. The molecule has 2 saturated carbocycles. The minimum atomic E-state index is -1.70. The van der Waals surface area contributed by atoms with Gasteiger partial charge in [0.2, 0.25) is 11.7 Å². The van der Waals surface area contributed by atoms with E-state index in [1.54, 1.807) is 19.1 Å². The molecule has 2 heterocycles. The van der Waals surface area contributed by atoms with E-state index in [0.717, 1.165) is 60.3 Å². The lowest BCUT2D eigenvalue weighted by Gasteiger charge is -2.40. The van der Waals surface area contributed by atoms with Gasteiger partial charge < -0.3 is 25.0 Å². The number of hydrogen-bond donors (Lipinski definition) is 3. The summed E-state index contributed by atoms with van der Waals surface area (Å²) in [5.74, 6) is -4.00. The van der Waals surface area contributed by atoms with Gasteiger partial charge >= 0.3 is 5.97 Å². The number of aromatic nitrogens is 2. The quantitative estimate of drug-likeness (QED) is 0.150. The van der Waals surface area contributed by atoms with E-state index in [4.69, 9.17) is 9.84 Å². The maximum absolute atomic E-state index is 13.8. The molecule has 2 fully saturated rings. The van der Waals surface area contributed by atoms with E-state index >= 15 is 0 Å². The second-order valence-electron chi connectivity index (χ2n) is 12.6. The molecule has 0 saturated heterocycles. The molecule has 2 aromatic heterocycles. The van der Waals surface area contributed by atoms with E-state index in [9.17, 15) is 23.2 Å². The van der Waals surface area contributed by atoms with Crippen molar-refractivity contribution in [2.45, 2.75) is 76.8 Å². The van der Waals surface area contributed by atoms with Crippen molar-refractivity contribution in [1.82, 2.24) is 14.9 Å². The van der Waals surface area contributed by atoms with Crippen LogP contribution >= 0.6 is 0 Å². The highest BCUT2D eigenvalue weighted by molar-refractivity contribution is 6.06. The zero-order valence-corrected chi connectivity index (χ0v) is 26.9. The smallest absolute Gasteiger partial charge is 0.364 e. The largest absolute Gasteiger partial charge is 0.493 e. The average molecular weight is 657 g/mol. The molecule has 2 aliphatic rings. The lowest BCUT2D eigenvalue weighted by Crippen LogP contribution is -2.61. The molecular weight excluding hydrogens is 618 g/mol. The zero-order chi connectivity index (χ0) is 34.0. The van der Waals surface area contributed by atoms with E-state index in [-0.39, 0.29) is 29.9 Å². The number of amides is 2. The Bertz CT molecular complexity index is 1910. The van der Waals surface area contributed by atoms with Crippen LogP contribution in [0.2, 0.25) is 0 Å². The van der Waals surface area contributed by atoms with Gasteiger partial charge in [0.05, 0.1) is 24.2 Å². The fourth-order valence-corrected chi connectivity index (χ4v) is 6.86. The van der Waals surface area contributed by atoms with Gasteiger partial charge in [-0.1, -0.05) is 19.3 Å². The predicted molar refractivity (Wildman–Crippen MR) is 179 cm³/mol. The molecule has 3 N–H and O–H groups in total. The lowest BCUT2D eigenvalue weighted by atomic mass is 9.75. The first-order valence-corrected chi connectivity index (χ1v) is 16.4. The van der Waals surface area contributed by atoms with Gasteiger partial charge in [0.25, 0.3) is 5.91 Å². The van der Waals surface area contributed by atoms with Gasteiger partial charge in [-0.2, -0.15) is 4.39 Å². The SMILES string of the molecule is CCOc1cc(NC(=O)C2(NC(=O)c3ccc4c(c3)c(C)c(-c3ccc(F)cn3)n4C3CCCCC3)CCC2)ccc1/C=C(\F)C(=O)O. The number of carboxylic acids is 1. The van der Waals surface area contributed by atoms with Crippen LogP contribution in [0.4, 0.5) is 14.5 Å². The van der Waals surface area contributed by atoms with Gasteiger partial charge in [-0.25, -0.2) is 9.18 Å². The molecular formula is C37H38F2N4O5. The number of halogens is 2. The third-order valence-corrected chi connectivity index (χ3v) is 9.48. The number of benzene rings is 2. The van der Waals surface area contributed by atoms with Gasteiger partial charge in [0.1, 0.15) is 17.1 Å². The summed E-state index contributed by atoms with van der Waals surface area (Å²) in [5, 5.41) is 15.7. The highest BCUT2D eigenvalue weighted by Gasteiger charge is 2.45. The number of hydrogen-bond acceptors (Lipinski definition) is 5. The molecule has 48 heavy (non-hydrogen) atoms. The normalized spacial score (nSPS) is 16.3. The minimum absolute atomic E-state index is 0.206. The molecule has 2 aliphatic carbocycles. The van der Waals surface area contributed by atoms with Crippen LogP contribution in [0.1, 0.15) is 85.8 Å². The van der Waals surface area contributed by atoms with Crippen molar-refractivity contribution in [3.8, 4) is 17.1 Å². The van der Waals surface area contributed by atoms with E-state index < -0.39 is 29.1 Å². The van der Waals surface area contributed by atoms with E-state index in [0.29, 0.717) is 29.8 Å². The molecule has 6 rings (SSSR count). The monoisotopic (exact) mass is 656 g/mol. The molecule has 2 amide bonds. The molecule has 0 bridgehead atoms. The number of carbonyl (C=O) groups is 3.